The molecule has 3 aromatic rings. The number of nitrogens with one attached hydrogen (secondary N) is 2. The molecule has 25 heavy (non-hydrogen) atoms. The number of aliphatic hydroxyl groups excluding tert-OH is 1. The Hall–Kier alpha value is -2.33. The number of aliphatic hydroxyl groups is 1. The van der Waals surface area contributed by atoms with Crippen LogP contribution >= 0.6 is 0 Å². The summed E-state index contributed by atoms with van der Waals surface area (Å²) in [6.45, 7) is 7.78. The predicted octanol–water partition coefficient (Wildman–Crippen LogP) is 4.95. The second-order valence-corrected chi connectivity index (χ2v) is 7.67. The number of aromatic nitrogens is 1. The molecule has 0 amide bonds. The van der Waals surface area contributed by atoms with E-state index < -0.39 is 11.6 Å². The lowest BCUT2D eigenvalue weighted by Gasteiger charge is -2.43. The Morgan fingerprint density at radius 2 is 1.92 bits per heavy atom. The largest absolute Gasteiger partial charge is 0.390 e. The molecule has 4 heteroatoms. The molecule has 130 valence electrons. The number of anilines is 1. The molecule has 0 saturated heterocycles. The number of hydrogen-bond acceptors (Lipinski definition) is 2. The minimum absolute atomic E-state index is 0.253. The SMILES string of the molecule is Cc1cc(-c2cccc3cc[nH]c23)c(F)c2c1NC(C)(C)[C@@H](O)[C@@H]2C. The van der Waals surface area contributed by atoms with Crippen LogP contribution in [-0.2, 0) is 0 Å². The van der Waals surface area contributed by atoms with E-state index in [0.29, 0.717) is 11.1 Å². The molecular formula is C21H23FN2O. The van der Waals surface area contributed by atoms with Crippen LogP contribution in [0, 0.1) is 12.7 Å². The van der Waals surface area contributed by atoms with Crippen molar-refractivity contribution in [2.24, 2.45) is 0 Å². The predicted molar refractivity (Wildman–Crippen MR) is 101 cm³/mol. The first kappa shape index (κ1) is 16.2. The van der Waals surface area contributed by atoms with Crippen molar-refractivity contribution in [1.29, 1.82) is 0 Å². The van der Waals surface area contributed by atoms with Gasteiger partial charge >= 0.3 is 0 Å². The van der Waals surface area contributed by atoms with E-state index in [0.717, 1.165) is 27.7 Å². The number of benzene rings is 2. The monoisotopic (exact) mass is 338 g/mol. The van der Waals surface area contributed by atoms with Crippen LogP contribution in [0.4, 0.5) is 10.1 Å². The van der Waals surface area contributed by atoms with Crippen LogP contribution in [-0.4, -0.2) is 21.7 Å². The quantitative estimate of drug-likeness (QED) is 0.588. The Bertz CT molecular complexity index is 973. The Balaban J connectivity index is 1.99. The van der Waals surface area contributed by atoms with E-state index in [1.165, 1.54) is 0 Å². The van der Waals surface area contributed by atoms with E-state index in [1.807, 2.05) is 64.2 Å². The molecule has 2 aromatic carbocycles. The third-order valence-electron chi connectivity index (χ3n) is 5.49. The number of halogens is 1. The molecule has 0 unspecified atom stereocenters. The summed E-state index contributed by atoms with van der Waals surface area (Å²) < 4.78 is 15.6. The van der Waals surface area contributed by atoms with Crippen LogP contribution in [0.2, 0.25) is 0 Å². The maximum absolute atomic E-state index is 15.6. The molecule has 2 atom stereocenters. The van der Waals surface area contributed by atoms with Crippen molar-refractivity contribution in [1.82, 2.24) is 4.98 Å². The Morgan fingerprint density at radius 1 is 1.16 bits per heavy atom. The lowest BCUT2D eigenvalue weighted by molar-refractivity contribution is 0.0855. The minimum atomic E-state index is -0.662. The molecule has 0 fully saturated rings. The Morgan fingerprint density at radius 3 is 2.68 bits per heavy atom. The van der Waals surface area contributed by atoms with Gasteiger partial charge in [0, 0.05) is 34.5 Å². The summed E-state index contributed by atoms with van der Waals surface area (Å²) in [5.41, 5.74) is 4.22. The second kappa shape index (κ2) is 5.33. The van der Waals surface area contributed by atoms with Crippen molar-refractivity contribution in [3.8, 4) is 11.1 Å². The molecule has 0 saturated carbocycles. The fourth-order valence-electron chi connectivity index (χ4n) is 4.10. The molecule has 1 aliphatic rings. The molecule has 3 nitrogen and oxygen atoms in total. The van der Waals surface area contributed by atoms with Crippen molar-refractivity contribution < 1.29 is 9.50 Å². The first-order chi connectivity index (χ1) is 11.8. The van der Waals surface area contributed by atoms with Crippen molar-refractivity contribution in [2.45, 2.75) is 45.3 Å². The molecular weight excluding hydrogens is 315 g/mol. The van der Waals surface area contributed by atoms with Gasteiger partial charge in [0.2, 0.25) is 0 Å². The van der Waals surface area contributed by atoms with Gasteiger partial charge in [0.1, 0.15) is 5.82 Å². The maximum Gasteiger partial charge on any atom is 0.136 e. The third-order valence-corrected chi connectivity index (χ3v) is 5.49. The van der Waals surface area contributed by atoms with Gasteiger partial charge < -0.3 is 15.4 Å². The van der Waals surface area contributed by atoms with Crippen LogP contribution < -0.4 is 5.32 Å². The molecule has 0 bridgehead atoms. The number of aryl methyl sites for hydroxylation is 1. The van der Waals surface area contributed by atoms with E-state index in [-0.39, 0.29) is 11.7 Å². The number of rotatable bonds is 1. The van der Waals surface area contributed by atoms with Crippen LogP contribution in [0.15, 0.2) is 36.5 Å². The zero-order valence-corrected chi connectivity index (χ0v) is 14.9. The summed E-state index contributed by atoms with van der Waals surface area (Å²) in [5, 5.41) is 15.0. The highest BCUT2D eigenvalue weighted by Gasteiger charge is 2.41. The van der Waals surface area contributed by atoms with Crippen molar-refractivity contribution >= 4 is 16.6 Å². The number of H-pyrrole nitrogens is 1. The van der Waals surface area contributed by atoms with Gasteiger partial charge in [0.15, 0.2) is 0 Å². The highest BCUT2D eigenvalue weighted by atomic mass is 19.1. The van der Waals surface area contributed by atoms with Crippen LogP contribution in [0.1, 0.15) is 37.8 Å². The average Bonchev–Trinajstić information content (AvgIpc) is 3.04. The molecule has 4 rings (SSSR count). The van der Waals surface area contributed by atoms with E-state index in [1.54, 1.807) is 0 Å². The number of hydrogen-bond donors (Lipinski definition) is 3. The van der Waals surface area contributed by atoms with Crippen LogP contribution in [0.5, 0.6) is 0 Å². The molecule has 0 aliphatic carbocycles. The van der Waals surface area contributed by atoms with Gasteiger partial charge in [-0.05, 0) is 43.9 Å². The first-order valence-electron chi connectivity index (χ1n) is 8.67. The molecule has 1 aromatic heterocycles. The van der Waals surface area contributed by atoms with Crippen molar-refractivity contribution in [3.63, 3.8) is 0 Å². The van der Waals surface area contributed by atoms with E-state index in [4.69, 9.17) is 0 Å². The number of aromatic amines is 1. The standard InChI is InChI=1S/C21H23FN2O/c1-11-10-15(14-7-5-6-13-8-9-23-19(13)14)17(22)16-12(2)20(25)21(3,4)24-18(11)16/h5-10,12,20,23-25H,1-4H3/t12-,20+/m1/s1. The van der Waals surface area contributed by atoms with Gasteiger partial charge in [0.25, 0.3) is 0 Å². The second-order valence-electron chi connectivity index (χ2n) is 7.67. The average molecular weight is 338 g/mol. The molecule has 0 radical (unpaired) electrons. The van der Waals surface area contributed by atoms with E-state index >= 15 is 4.39 Å². The summed E-state index contributed by atoms with van der Waals surface area (Å²) in [4.78, 5) is 3.21. The van der Waals surface area contributed by atoms with Gasteiger partial charge in [-0.2, -0.15) is 0 Å². The zero-order valence-electron chi connectivity index (χ0n) is 14.9. The molecule has 0 spiro atoms. The molecule has 3 N–H and O–H groups in total. The summed E-state index contributed by atoms with van der Waals surface area (Å²) >= 11 is 0. The topological polar surface area (TPSA) is 48.0 Å². The van der Waals surface area contributed by atoms with Gasteiger partial charge in [-0.15, -0.1) is 0 Å². The van der Waals surface area contributed by atoms with E-state index in [2.05, 4.69) is 10.3 Å². The van der Waals surface area contributed by atoms with E-state index in [9.17, 15) is 5.11 Å². The lowest BCUT2D eigenvalue weighted by atomic mass is 9.77. The van der Waals surface area contributed by atoms with Gasteiger partial charge in [-0.1, -0.05) is 25.1 Å². The minimum Gasteiger partial charge on any atom is -0.390 e. The summed E-state index contributed by atoms with van der Waals surface area (Å²) in [5.74, 6) is -0.537. The summed E-state index contributed by atoms with van der Waals surface area (Å²) in [6, 6.07) is 9.77. The van der Waals surface area contributed by atoms with Crippen molar-refractivity contribution in [2.75, 3.05) is 5.32 Å². The van der Waals surface area contributed by atoms with Crippen LogP contribution in [0.3, 0.4) is 0 Å². The maximum atomic E-state index is 15.6. The summed E-state index contributed by atoms with van der Waals surface area (Å²) in [7, 11) is 0. The zero-order chi connectivity index (χ0) is 17.9. The highest BCUT2D eigenvalue weighted by Crippen LogP contribution is 2.45. The molecule has 2 heterocycles. The lowest BCUT2D eigenvalue weighted by Crippen LogP contribution is -2.50. The fourth-order valence-corrected chi connectivity index (χ4v) is 4.10. The number of para-hydroxylation sites is 1. The highest BCUT2D eigenvalue weighted by molar-refractivity contribution is 5.95. The third kappa shape index (κ3) is 2.28. The molecule has 1 aliphatic heterocycles. The smallest absolute Gasteiger partial charge is 0.136 e. The summed E-state index contributed by atoms with van der Waals surface area (Å²) in [6.07, 6.45) is 1.21. The van der Waals surface area contributed by atoms with Gasteiger partial charge in [-0.25, -0.2) is 4.39 Å². The normalized spacial score (nSPS) is 21.8. The van der Waals surface area contributed by atoms with Crippen molar-refractivity contribution in [3.05, 3.63) is 53.5 Å². The Kier molecular flexibility index (Phi) is 3.45. The van der Waals surface area contributed by atoms with Gasteiger partial charge in [-0.3, -0.25) is 0 Å². The van der Waals surface area contributed by atoms with Gasteiger partial charge in [0.05, 0.1) is 17.2 Å². The van der Waals surface area contributed by atoms with Crippen LogP contribution in [0.25, 0.3) is 22.0 Å². The Labute approximate surface area is 146 Å². The number of fused-ring (bicyclic) bond motifs is 2. The first-order valence-corrected chi connectivity index (χ1v) is 8.67. The fraction of sp³-hybridized carbons (Fsp3) is 0.333.